The molecule has 0 spiro atoms. The average Bonchev–Trinajstić information content (AvgIpc) is 2.37. The van der Waals surface area contributed by atoms with Crippen molar-refractivity contribution in [1.29, 1.82) is 0 Å². The summed E-state index contributed by atoms with van der Waals surface area (Å²) in [6.45, 7) is 8.45. The number of nitrogens with one attached hydrogen (secondary N) is 1. The number of hydrogen-bond acceptors (Lipinski definition) is 2. The van der Waals surface area contributed by atoms with Gasteiger partial charge in [0, 0.05) is 12.1 Å². The van der Waals surface area contributed by atoms with Gasteiger partial charge in [0.2, 0.25) is 5.91 Å². The van der Waals surface area contributed by atoms with E-state index in [9.17, 15) is 9.18 Å². The smallest absolute Gasteiger partial charge is 0.237 e. The maximum atomic E-state index is 13.1. The number of carbonyl (C=O) groups is 1. The number of hydrogen-bond donors (Lipinski definition) is 1. The van der Waals surface area contributed by atoms with Gasteiger partial charge in [-0.15, -0.1) is 0 Å². The van der Waals surface area contributed by atoms with Crippen molar-refractivity contribution in [2.75, 3.05) is 7.05 Å². The lowest BCUT2D eigenvalue weighted by Gasteiger charge is -2.30. The van der Waals surface area contributed by atoms with Gasteiger partial charge in [-0.3, -0.25) is 9.69 Å². The van der Waals surface area contributed by atoms with Gasteiger partial charge in [0.15, 0.2) is 0 Å². The van der Waals surface area contributed by atoms with Crippen molar-refractivity contribution in [3.05, 3.63) is 35.6 Å². The number of rotatable bonds is 6. The molecule has 1 aromatic carbocycles. The summed E-state index contributed by atoms with van der Waals surface area (Å²) in [4.78, 5) is 14.1. The third-order valence-corrected chi connectivity index (χ3v) is 3.71. The molecule has 4 heteroatoms. The van der Waals surface area contributed by atoms with Crippen LogP contribution in [0.4, 0.5) is 4.39 Å². The van der Waals surface area contributed by atoms with Crippen molar-refractivity contribution < 1.29 is 9.18 Å². The minimum atomic E-state index is -0.260. The first kappa shape index (κ1) is 16.6. The van der Waals surface area contributed by atoms with Crippen LogP contribution in [0.5, 0.6) is 0 Å². The second-order valence-corrected chi connectivity index (χ2v) is 5.95. The van der Waals surface area contributed by atoms with E-state index in [2.05, 4.69) is 5.32 Å². The molecule has 0 saturated heterocycles. The Bertz CT molecular complexity index is 460. The maximum Gasteiger partial charge on any atom is 0.237 e. The molecule has 0 radical (unpaired) electrons. The first-order chi connectivity index (χ1) is 9.25. The predicted molar refractivity (Wildman–Crippen MR) is 79.8 cm³/mol. The molecule has 1 rings (SSSR count). The molecule has 0 aliphatic rings. The number of likely N-dealkylation sites (N-methyl/N-ethyl adjacent to an activating group) is 1. The van der Waals surface area contributed by atoms with Crippen LogP contribution in [0.1, 0.15) is 39.7 Å². The number of nitrogens with zero attached hydrogens (tertiary/aromatic N) is 1. The van der Waals surface area contributed by atoms with Gasteiger partial charge in [0.25, 0.3) is 0 Å². The summed E-state index contributed by atoms with van der Waals surface area (Å²) < 4.78 is 13.1. The molecule has 1 atom stereocenters. The molecule has 1 aromatic rings. The molecule has 0 unspecified atom stereocenters. The topological polar surface area (TPSA) is 32.3 Å². The van der Waals surface area contributed by atoms with E-state index in [1.54, 1.807) is 6.07 Å². The monoisotopic (exact) mass is 280 g/mol. The van der Waals surface area contributed by atoms with Gasteiger partial charge in [-0.1, -0.05) is 19.1 Å². The zero-order valence-electron chi connectivity index (χ0n) is 13.0. The van der Waals surface area contributed by atoms with E-state index in [1.165, 1.54) is 12.1 Å². The number of carbonyl (C=O) groups excluding carboxylic acids is 1. The Balaban J connectivity index is 2.62. The molecule has 1 N–H and O–H groups in total. The Morgan fingerprint density at radius 3 is 2.65 bits per heavy atom. The van der Waals surface area contributed by atoms with E-state index in [0.717, 1.165) is 12.0 Å². The van der Waals surface area contributed by atoms with Crippen molar-refractivity contribution in [3.8, 4) is 0 Å². The Morgan fingerprint density at radius 2 is 2.10 bits per heavy atom. The van der Waals surface area contributed by atoms with E-state index < -0.39 is 0 Å². The molecule has 0 aromatic heterocycles. The highest BCUT2D eigenvalue weighted by molar-refractivity contribution is 5.81. The summed E-state index contributed by atoms with van der Waals surface area (Å²) in [5, 5.41) is 3.03. The number of halogens is 1. The summed E-state index contributed by atoms with van der Waals surface area (Å²) in [7, 11) is 1.87. The molecule has 0 heterocycles. The van der Waals surface area contributed by atoms with Gasteiger partial charge in [-0.05, 0) is 51.9 Å². The molecule has 0 fully saturated rings. The Morgan fingerprint density at radius 1 is 1.45 bits per heavy atom. The van der Waals surface area contributed by atoms with Crippen molar-refractivity contribution in [2.45, 2.75) is 52.2 Å². The SMILES string of the molecule is CCC(C)(C)NC(=O)[C@@H](C)N(C)Cc1cccc(F)c1. The molecule has 20 heavy (non-hydrogen) atoms. The molecule has 112 valence electrons. The number of amides is 1. The minimum Gasteiger partial charge on any atom is -0.350 e. The first-order valence-electron chi connectivity index (χ1n) is 7.02. The maximum absolute atomic E-state index is 13.1. The molecule has 1 amide bonds. The van der Waals surface area contributed by atoms with Gasteiger partial charge in [0.1, 0.15) is 5.82 Å². The summed E-state index contributed by atoms with van der Waals surface area (Å²) in [5.41, 5.74) is 0.660. The third-order valence-electron chi connectivity index (χ3n) is 3.71. The van der Waals surface area contributed by atoms with Gasteiger partial charge in [0.05, 0.1) is 6.04 Å². The van der Waals surface area contributed by atoms with Crippen LogP contribution in [0, 0.1) is 5.82 Å². The zero-order chi connectivity index (χ0) is 15.3. The van der Waals surface area contributed by atoms with Crippen LogP contribution in [0.15, 0.2) is 24.3 Å². The van der Waals surface area contributed by atoms with Gasteiger partial charge < -0.3 is 5.32 Å². The van der Waals surface area contributed by atoms with Crippen LogP contribution in [0.25, 0.3) is 0 Å². The molecule has 0 aliphatic carbocycles. The summed E-state index contributed by atoms with van der Waals surface area (Å²) in [6.07, 6.45) is 0.874. The Hall–Kier alpha value is -1.42. The largest absolute Gasteiger partial charge is 0.350 e. The lowest BCUT2D eigenvalue weighted by molar-refractivity contribution is -0.127. The quantitative estimate of drug-likeness (QED) is 0.869. The average molecular weight is 280 g/mol. The summed E-state index contributed by atoms with van der Waals surface area (Å²) in [5.74, 6) is -0.254. The lowest BCUT2D eigenvalue weighted by atomic mass is 10.0. The second kappa shape index (κ2) is 6.84. The van der Waals surface area contributed by atoms with E-state index in [4.69, 9.17) is 0 Å². The normalized spacial score (nSPS) is 13.3. The van der Waals surface area contributed by atoms with Crippen molar-refractivity contribution in [2.24, 2.45) is 0 Å². The standard InChI is InChI=1S/C16H25FN2O/c1-6-16(3,4)18-15(20)12(2)19(5)11-13-8-7-9-14(17)10-13/h7-10,12H,6,11H2,1-5H3,(H,18,20)/t12-/m1/s1. The van der Waals surface area contributed by atoms with Crippen LogP contribution >= 0.6 is 0 Å². The molecular formula is C16H25FN2O. The highest BCUT2D eigenvalue weighted by Gasteiger charge is 2.24. The predicted octanol–water partition coefficient (Wildman–Crippen LogP) is 2.95. The van der Waals surface area contributed by atoms with E-state index in [0.29, 0.717) is 6.54 Å². The van der Waals surface area contributed by atoms with Crippen LogP contribution in [-0.2, 0) is 11.3 Å². The van der Waals surface area contributed by atoms with Gasteiger partial charge in [-0.25, -0.2) is 4.39 Å². The molecule has 0 bridgehead atoms. The second-order valence-electron chi connectivity index (χ2n) is 5.95. The molecule has 0 aliphatic heterocycles. The molecule has 0 saturated carbocycles. The fourth-order valence-electron chi connectivity index (χ4n) is 1.79. The number of benzene rings is 1. The fraction of sp³-hybridized carbons (Fsp3) is 0.562. The Labute approximate surface area is 121 Å². The van der Waals surface area contributed by atoms with Gasteiger partial charge >= 0.3 is 0 Å². The van der Waals surface area contributed by atoms with E-state index >= 15 is 0 Å². The Kier molecular flexibility index (Phi) is 5.69. The highest BCUT2D eigenvalue weighted by Crippen LogP contribution is 2.11. The van der Waals surface area contributed by atoms with Gasteiger partial charge in [-0.2, -0.15) is 0 Å². The van der Waals surface area contributed by atoms with Crippen molar-refractivity contribution >= 4 is 5.91 Å². The minimum absolute atomic E-state index is 0.00393. The van der Waals surface area contributed by atoms with Crippen LogP contribution < -0.4 is 5.32 Å². The first-order valence-corrected chi connectivity index (χ1v) is 7.02. The highest BCUT2D eigenvalue weighted by atomic mass is 19.1. The molecular weight excluding hydrogens is 255 g/mol. The lowest BCUT2D eigenvalue weighted by Crippen LogP contribution is -2.50. The van der Waals surface area contributed by atoms with Crippen LogP contribution in [0.3, 0.4) is 0 Å². The van der Waals surface area contributed by atoms with Crippen LogP contribution in [-0.4, -0.2) is 29.4 Å². The summed E-state index contributed by atoms with van der Waals surface area (Å²) >= 11 is 0. The van der Waals surface area contributed by atoms with Crippen molar-refractivity contribution in [3.63, 3.8) is 0 Å². The van der Waals surface area contributed by atoms with Crippen molar-refractivity contribution in [1.82, 2.24) is 10.2 Å². The van der Waals surface area contributed by atoms with E-state index in [-0.39, 0.29) is 23.3 Å². The fourth-order valence-corrected chi connectivity index (χ4v) is 1.79. The van der Waals surface area contributed by atoms with E-state index in [1.807, 2.05) is 45.7 Å². The van der Waals surface area contributed by atoms with Crippen LogP contribution in [0.2, 0.25) is 0 Å². The third kappa shape index (κ3) is 4.93. The summed E-state index contributed by atoms with van der Waals surface area (Å²) in [6, 6.07) is 6.20. The molecule has 3 nitrogen and oxygen atoms in total. The zero-order valence-corrected chi connectivity index (χ0v) is 13.0.